The standard InChI is InChI=1S/C18H19N/c1-2-15-10-11-18-17(13-15)9-6-12-19(18)14-16-7-4-3-5-8-16/h2-5,7-8,10-11,13H,1,6,9,12,14H2. The molecule has 0 N–H and O–H groups in total. The Labute approximate surface area is 115 Å². The van der Waals surface area contributed by atoms with Crippen molar-refractivity contribution in [1.29, 1.82) is 0 Å². The molecule has 96 valence electrons. The van der Waals surface area contributed by atoms with Crippen LogP contribution in [0.1, 0.15) is 23.1 Å². The molecule has 0 spiro atoms. The van der Waals surface area contributed by atoms with Crippen LogP contribution in [0.4, 0.5) is 5.69 Å². The Morgan fingerprint density at radius 3 is 2.74 bits per heavy atom. The minimum Gasteiger partial charge on any atom is -0.367 e. The summed E-state index contributed by atoms with van der Waals surface area (Å²) in [5, 5.41) is 0. The molecule has 1 heteroatoms. The number of nitrogens with zero attached hydrogens (tertiary/aromatic N) is 1. The molecule has 0 saturated carbocycles. The molecule has 2 aromatic rings. The molecular formula is C18H19N. The summed E-state index contributed by atoms with van der Waals surface area (Å²) in [5.74, 6) is 0. The van der Waals surface area contributed by atoms with E-state index in [1.165, 1.54) is 35.2 Å². The van der Waals surface area contributed by atoms with Crippen LogP contribution in [0.3, 0.4) is 0 Å². The third-order valence-corrected chi connectivity index (χ3v) is 3.77. The first-order chi connectivity index (χ1) is 9.36. The zero-order valence-corrected chi connectivity index (χ0v) is 11.2. The maximum atomic E-state index is 3.85. The molecule has 0 unspecified atom stereocenters. The van der Waals surface area contributed by atoms with E-state index in [4.69, 9.17) is 0 Å². The lowest BCUT2D eigenvalue weighted by atomic mass is 9.98. The lowest BCUT2D eigenvalue weighted by molar-refractivity contribution is 0.691. The van der Waals surface area contributed by atoms with Crippen molar-refractivity contribution in [2.24, 2.45) is 0 Å². The Morgan fingerprint density at radius 1 is 1.11 bits per heavy atom. The molecule has 0 atom stereocenters. The normalized spacial score (nSPS) is 14.0. The van der Waals surface area contributed by atoms with Gasteiger partial charge in [0.1, 0.15) is 0 Å². The number of fused-ring (bicyclic) bond motifs is 1. The molecule has 0 bridgehead atoms. The van der Waals surface area contributed by atoms with Gasteiger partial charge >= 0.3 is 0 Å². The van der Waals surface area contributed by atoms with E-state index < -0.39 is 0 Å². The summed E-state index contributed by atoms with van der Waals surface area (Å²) < 4.78 is 0. The second kappa shape index (κ2) is 5.31. The second-order valence-corrected chi connectivity index (χ2v) is 5.10. The fraction of sp³-hybridized carbons (Fsp3) is 0.222. The second-order valence-electron chi connectivity index (χ2n) is 5.10. The van der Waals surface area contributed by atoms with E-state index in [-0.39, 0.29) is 0 Å². The fourth-order valence-electron chi connectivity index (χ4n) is 2.79. The molecule has 3 rings (SSSR count). The molecule has 0 saturated heterocycles. The van der Waals surface area contributed by atoms with Gasteiger partial charge < -0.3 is 4.90 Å². The first-order valence-electron chi connectivity index (χ1n) is 6.91. The van der Waals surface area contributed by atoms with Gasteiger partial charge in [-0.1, -0.05) is 49.1 Å². The van der Waals surface area contributed by atoms with Crippen LogP contribution in [0.25, 0.3) is 6.08 Å². The number of benzene rings is 2. The van der Waals surface area contributed by atoms with Crippen LogP contribution in [0.2, 0.25) is 0 Å². The number of aryl methyl sites for hydroxylation is 1. The van der Waals surface area contributed by atoms with E-state index in [9.17, 15) is 0 Å². The Hall–Kier alpha value is -2.02. The average molecular weight is 249 g/mol. The Bertz CT molecular complexity index is 571. The predicted octanol–water partition coefficient (Wildman–Crippen LogP) is 4.28. The molecule has 0 amide bonds. The van der Waals surface area contributed by atoms with E-state index in [2.05, 4.69) is 60.0 Å². The first kappa shape index (κ1) is 12.0. The van der Waals surface area contributed by atoms with Gasteiger partial charge in [0.25, 0.3) is 0 Å². The van der Waals surface area contributed by atoms with E-state index >= 15 is 0 Å². The largest absolute Gasteiger partial charge is 0.367 e. The molecule has 1 aliphatic rings. The van der Waals surface area contributed by atoms with Crippen LogP contribution in [0.5, 0.6) is 0 Å². The molecule has 2 aromatic carbocycles. The number of anilines is 1. The molecule has 1 nitrogen and oxygen atoms in total. The van der Waals surface area contributed by atoms with Gasteiger partial charge in [-0.05, 0) is 41.7 Å². The summed E-state index contributed by atoms with van der Waals surface area (Å²) in [4.78, 5) is 2.49. The Morgan fingerprint density at radius 2 is 1.95 bits per heavy atom. The van der Waals surface area contributed by atoms with Gasteiger partial charge in [-0.25, -0.2) is 0 Å². The third-order valence-electron chi connectivity index (χ3n) is 3.77. The highest BCUT2D eigenvalue weighted by Gasteiger charge is 2.16. The monoisotopic (exact) mass is 249 g/mol. The van der Waals surface area contributed by atoms with Crippen LogP contribution in [0.15, 0.2) is 55.1 Å². The van der Waals surface area contributed by atoms with Crippen LogP contribution < -0.4 is 4.90 Å². The van der Waals surface area contributed by atoms with Crippen LogP contribution in [-0.4, -0.2) is 6.54 Å². The van der Waals surface area contributed by atoms with E-state index in [1.54, 1.807) is 0 Å². The zero-order valence-electron chi connectivity index (χ0n) is 11.2. The summed E-state index contributed by atoms with van der Waals surface area (Å²) in [6, 6.07) is 17.4. The summed E-state index contributed by atoms with van der Waals surface area (Å²) in [6.07, 6.45) is 4.35. The third kappa shape index (κ3) is 2.55. The van der Waals surface area contributed by atoms with Crippen LogP contribution in [-0.2, 0) is 13.0 Å². The summed E-state index contributed by atoms with van der Waals surface area (Å²) in [7, 11) is 0. The number of hydrogen-bond donors (Lipinski definition) is 0. The van der Waals surface area contributed by atoms with Crippen molar-refractivity contribution in [2.45, 2.75) is 19.4 Å². The van der Waals surface area contributed by atoms with Crippen LogP contribution in [0, 0.1) is 0 Å². The molecule has 0 fully saturated rings. The summed E-state index contributed by atoms with van der Waals surface area (Å²) in [5.41, 5.74) is 5.45. The zero-order chi connectivity index (χ0) is 13.1. The highest BCUT2D eigenvalue weighted by Crippen LogP contribution is 2.29. The number of rotatable bonds is 3. The Kier molecular flexibility index (Phi) is 3.37. The van der Waals surface area contributed by atoms with Gasteiger partial charge in [0.05, 0.1) is 0 Å². The van der Waals surface area contributed by atoms with Gasteiger partial charge in [0.15, 0.2) is 0 Å². The molecule has 0 radical (unpaired) electrons. The van der Waals surface area contributed by atoms with Crippen molar-refractivity contribution in [3.63, 3.8) is 0 Å². The highest BCUT2D eigenvalue weighted by molar-refractivity contribution is 5.61. The fourth-order valence-corrected chi connectivity index (χ4v) is 2.79. The lowest BCUT2D eigenvalue weighted by Crippen LogP contribution is -2.28. The van der Waals surface area contributed by atoms with Crippen molar-refractivity contribution in [3.05, 3.63) is 71.8 Å². The quantitative estimate of drug-likeness (QED) is 0.784. The van der Waals surface area contributed by atoms with Gasteiger partial charge in [-0.2, -0.15) is 0 Å². The molecule has 0 aliphatic carbocycles. The molecular weight excluding hydrogens is 230 g/mol. The first-order valence-corrected chi connectivity index (χ1v) is 6.91. The van der Waals surface area contributed by atoms with Gasteiger partial charge in [-0.15, -0.1) is 0 Å². The number of hydrogen-bond acceptors (Lipinski definition) is 1. The van der Waals surface area contributed by atoms with Crippen molar-refractivity contribution < 1.29 is 0 Å². The van der Waals surface area contributed by atoms with Gasteiger partial charge in [0, 0.05) is 18.8 Å². The minimum absolute atomic E-state index is 1.00. The maximum absolute atomic E-state index is 3.85. The Balaban J connectivity index is 1.88. The predicted molar refractivity (Wildman–Crippen MR) is 82.3 cm³/mol. The average Bonchev–Trinajstić information content (AvgIpc) is 2.48. The van der Waals surface area contributed by atoms with E-state index in [1.807, 2.05) is 6.08 Å². The summed E-state index contributed by atoms with van der Waals surface area (Å²) in [6.45, 7) is 6.00. The molecule has 19 heavy (non-hydrogen) atoms. The van der Waals surface area contributed by atoms with Crippen molar-refractivity contribution in [2.75, 3.05) is 11.4 Å². The van der Waals surface area contributed by atoms with Gasteiger partial charge in [0.2, 0.25) is 0 Å². The SMILES string of the molecule is C=Cc1ccc2c(c1)CCCN2Cc1ccccc1. The van der Waals surface area contributed by atoms with Gasteiger partial charge in [-0.3, -0.25) is 0 Å². The lowest BCUT2D eigenvalue weighted by Gasteiger charge is -2.31. The van der Waals surface area contributed by atoms with Crippen molar-refractivity contribution >= 4 is 11.8 Å². The molecule has 1 heterocycles. The maximum Gasteiger partial charge on any atom is 0.0429 e. The van der Waals surface area contributed by atoms with Crippen LogP contribution >= 0.6 is 0 Å². The molecule has 0 aromatic heterocycles. The smallest absolute Gasteiger partial charge is 0.0429 e. The molecule has 1 aliphatic heterocycles. The van der Waals surface area contributed by atoms with Crippen molar-refractivity contribution in [1.82, 2.24) is 0 Å². The minimum atomic E-state index is 1.00. The highest BCUT2D eigenvalue weighted by atomic mass is 15.1. The van der Waals surface area contributed by atoms with E-state index in [0.29, 0.717) is 0 Å². The topological polar surface area (TPSA) is 3.24 Å². The summed E-state index contributed by atoms with van der Waals surface area (Å²) >= 11 is 0. The van der Waals surface area contributed by atoms with E-state index in [0.717, 1.165) is 13.1 Å². The van der Waals surface area contributed by atoms with Crippen molar-refractivity contribution in [3.8, 4) is 0 Å².